The number of nitrogens with one attached hydrogen (secondary N) is 1. The van der Waals surface area contributed by atoms with Crippen molar-refractivity contribution in [3.8, 4) is 0 Å². The molecule has 0 aromatic carbocycles. The summed E-state index contributed by atoms with van der Waals surface area (Å²) in [6.07, 6.45) is 0.898. The van der Waals surface area contributed by atoms with Crippen molar-refractivity contribution in [1.29, 1.82) is 0 Å². The predicted octanol–water partition coefficient (Wildman–Crippen LogP) is 2.15. The molecule has 0 saturated carbocycles. The molecule has 1 saturated heterocycles. The van der Waals surface area contributed by atoms with Crippen molar-refractivity contribution >= 4 is 11.7 Å². The van der Waals surface area contributed by atoms with Crippen LogP contribution >= 0.6 is 0 Å². The number of carbonyl (C=O) groups excluding carboxylic acids is 1. The van der Waals surface area contributed by atoms with Crippen molar-refractivity contribution in [2.75, 3.05) is 25.1 Å². The van der Waals surface area contributed by atoms with E-state index >= 15 is 0 Å². The minimum atomic E-state index is -0.00689. The third kappa shape index (κ3) is 3.48. The van der Waals surface area contributed by atoms with E-state index in [1.807, 2.05) is 30.9 Å². The Kier molecular flexibility index (Phi) is 4.95. The van der Waals surface area contributed by atoms with Gasteiger partial charge in [0.05, 0.1) is 19.3 Å². The van der Waals surface area contributed by atoms with Gasteiger partial charge >= 0.3 is 0 Å². The SMILES string of the molecule is CCC1COCCN1C(=O)c1cccc(NC(C)C)n1. The predicted molar refractivity (Wildman–Crippen MR) is 78.9 cm³/mol. The molecule has 1 aliphatic heterocycles. The van der Waals surface area contributed by atoms with Crippen molar-refractivity contribution in [3.63, 3.8) is 0 Å². The molecule has 110 valence electrons. The number of hydrogen-bond donors (Lipinski definition) is 1. The Morgan fingerprint density at radius 2 is 2.35 bits per heavy atom. The molecule has 1 unspecified atom stereocenters. The van der Waals surface area contributed by atoms with Gasteiger partial charge < -0.3 is 15.0 Å². The minimum Gasteiger partial charge on any atom is -0.377 e. The first-order chi connectivity index (χ1) is 9.61. The van der Waals surface area contributed by atoms with Gasteiger partial charge in [0.15, 0.2) is 0 Å². The lowest BCUT2D eigenvalue weighted by Gasteiger charge is -2.34. The van der Waals surface area contributed by atoms with E-state index in [4.69, 9.17) is 4.74 Å². The summed E-state index contributed by atoms with van der Waals surface area (Å²) in [5.74, 6) is 0.736. The first-order valence-corrected chi connectivity index (χ1v) is 7.24. The molecular formula is C15H23N3O2. The van der Waals surface area contributed by atoms with Gasteiger partial charge in [-0.25, -0.2) is 4.98 Å². The number of aromatic nitrogens is 1. The normalized spacial score (nSPS) is 19.2. The fraction of sp³-hybridized carbons (Fsp3) is 0.600. The summed E-state index contributed by atoms with van der Waals surface area (Å²) in [5.41, 5.74) is 0.496. The van der Waals surface area contributed by atoms with Crippen LogP contribution in [0.25, 0.3) is 0 Å². The molecule has 5 nitrogen and oxygen atoms in total. The average molecular weight is 277 g/mol. The summed E-state index contributed by atoms with van der Waals surface area (Å²) in [6, 6.07) is 5.97. The molecule has 1 N–H and O–H groups in total. The highest BCUT2D eigenvalue weighted by Gasteiger charge is 2.27. The van der Waals surface area contributed by atoms with Gasteiger partial charge in [-0.1, -0.05) is 13.0 Å². The standard InChI is InChI=1S/C15H23N3O2/c1-4-12-10-20-9-8-18(12)15(19)13-6-5-7-14(17-13)16-11(2)3/h5-7,11-12H,4,8-10H2,1-3H3,(H,16,17). The summed E-state index contributed by atoms with van der Waals surface area (Å²) in [5, 5.41) is 3.22. The van der Waals surface area contributed by atoms with E-state index < -0.39 is 0 Å². The Labute approximate surface area is 120 Å². The Morgan fingerprint density at radius 3 is 3.05 bits per heavy atom. The van der Waals surface area contributed by atoms with Crippen LogP contribution in [0.1, 0.15) is 37.7 Å². The van der Waals surface area contributed by atoms with Crippen molar-refractivity contribution in [3.05, 3.63) is 23.9 Å². The van der Waals surface area contributed by atoms with Gasteiger partial charge in [-0.3, -0.25) is 4.79 Å². The maximum atomic E-state index is 12.6. The second-order valence-corrected chi connectivity index (χ2v) is 5.34. The highest BCUT2D eigenvalue weighted by molar-refractivity contribution is 5.93. The Balaban J connectivity index is 2.15. The van der Waals surface area contributed by atoms with Crippen LogP contribution in [0.2, 0.25) is 0 Å². The molecule has 1 aromatic heterocycles. The second kappa shape index (κ2) is 6.70. The fourth-order valence-corrected chi connectivity index (χ4v) is 2.34. The molecule has 2 heterocycles. The molecule has 1 aromatic rings. The first kappa shape index (κ1) is 14.8. The number of morpholine rings is 1. The molecule has 0 spiro atoms. The summed E-state index contributed by atoms with van der Waals surface area (Å²) >= 11 is 0. The van der Waals surface area contributed by atoms with E-state index in [9.17, 15) is 4.79 Å². The fourth-order valence-electron chi connectivity index (χ4n) is 2.34. The number of anilines is 1. The number of carbonyl (C=O) groups is 1. The molecule has 1 fully saturated rings. The molecular weight excluding hydrogens is 254 g/mol. The highest BCUT2D eigenvalue weighted by atomic mass is 16.5. The summed E-state index contributed by atoms with van der Waals surface area (Å²) < 4.78 is 5.44. The van der Waals surface area contributed by atoms with E-state index in [2.05, 4.69) is 17.2 Å². The maximum absolute atomic E-state index is 12.6. The Hall–Kier alpha value is -1.62. The lowest BCUT2D eigenvalue weighted by Crippen LogP contribution is -2.48. The molecule has 1 aliphatic rings. The van der Waals surface area contributed by atoms with E-state index in [0.29, 0.717) is 31.5 Å². The summed E-state index contributed by atoms with van der Waals surface area (Å²) in [6.45, 7) is 8.03. The lowest BCUT2D eigenvalue weighted by atomic mass is 10.1. The number of hydrogen-bond acceptors (Lipinski definition) is 4. The van der Waals surface area contributed by atoms with E-state index in [0.717, 1.165) is 12.2 Å². The number of amides is 1. The van der Waals surface area contributed by atoms with Crippen molar-refractivity contribution in [2.24, 2.45) is 0 Å². The van der Waals surface area contributed by atoms with Gasteiger partial charge in [0, 0.05) is 12.6 Å². The smallest absolute Gasteiger partial charge is 0.272 e. The largest absolute Gasteiger partial charge is 0.377 e. The molecule has 1 amide bonds. The van der Waals surface area contributed by atoms with E-state index in [1.54, 1.807) is 6.07 Å². The zero-order valence-corrected chi connectivity index (χ0v) is 12.4. The number of nitrogens with zero attached hydrogens (tertiary/aromatic N) is 2. The van der Waals surface area contributed by atoms with Crippen LogP contribution in [0.5, 0.6) is 0 Å². The van der Waals surface area contributed by atoms with Crippen molar-refractivity contribution in [2.45, 2.75) is 39.3 Å². The topological polar surface area (TPSA) is 54.5 Å². The average Bonchev–Trinajstić information content (AvgIpc) is 2.46. The van der Waals surface area contributed by atoms with Crippen LogP contribution in [0.3, 0.4) is 0 Å². The molecule has 0 bridgehead atoms. The van der Waals surface area contributed by atoms with Gasteiger partial charge in [0.25, 0.3) is 5.91 Å². The maximum Gasteiger partial charge on any atom is 0.272 e. The van der Waals surface area contributed by atoms with Gasteiger partial charge in [-0.05, 0) is 32.4 Å². The quantitative estimate of drug-likeness (QED) is 0.916. The Bertz CT molecular complexity index is 462. The minimum absolute atomic E-state index is 0.00689. The van der Waals surface area contributed by atoms with Crippen LogP contribution in [0, 0.1) is 0 Å². The van der Waals surface area contributed by atoms with E-state index in [-0.39, 0.29) is 11.9 Å². The first-order valence-electron chi connectivity index (χ1n) is 7.24. The molecule has 20 heavy (non-hydrogen) atoms. The number of ether oxygens (including phenoxy) is 1. The van der Waals surface area contributed by atoms with Crippen LogP contribution < -0.4 is 5.32 Å². The van der Waals surface area contributed by atoms with Gasteiger partial charge in [-0.2, -0.15) is 0 Å². The number of pyridine rings is 1. The van der Waals surface area contributed by atoms with Crippen LogP contribution in [0.4, 0.5) is 5.82 Å². The zero-order valence-electron chi connectivity index (χ0n) is 12.4. The molecule has 5 heteroatoms. The molecule has 0 aliphatic carbocycles. The van der Waals surface area contributed by atoms with Gasteiger partial charge in [0.1, 0.15) is 11.5 Å². The number of rotatable bonds is 4. The van der Waals surface area contributed by atoms with Crippen LogP contribution in [-0.2, 0) is 4.74 Å². The lowest BCUT2D eigenvalue weighted by molar-refractivity contribution is -0.00309. The molecule has 0 radical (unpaired) electrons. The summed E-state index contributed by atoms with van der Waals surface area (Å²) in [7, 11) is 0. The van der Waals surface area contributed by atoms with Crippen LogP contribution in [0.15, 0.2) is 18.2 Å². The Morgan fingerprint density at radius 1 is 1.55 bits per heavy atom. The highest BCUT2D eigenvalue weighted by Crippen LogP contribution is 2.15. The van der Waals surface area contributed by atoms with Crippen molar-refractivity contribution < 1.29 is 9.53 Å². The van der Waals surface area contributed by atoms with Gasteiger partial charge in [-0.15, -0.1) is 0 Å². The van der Waals surface area contributed by atoms with E-state index in [1.165, 1.54) is 0 Å². The van der Waals surface area contributed by atoms with Gasteiger partial charge in [0.2, 0.25) is 0 Å². The molecule has 1 atom stereocenters. The monoisotopic (exact) mass is 277 g/mol. The van der Waals surface area contributed by atoms with Crippen LogP contribution in [-0.4, -0.2) is 47.6 Å². The third-order valence-corrected chi connectivity index (χ3v) is 3.36. The van der Waals surface area contributed by atoms with Crippen molar-refractivity contribution in [1.82, 2.24) is 9.88 Å². The third-order valence-electron chi connectivity index (χ3n) is 3.36. The summed E-state index contributed by atoms with van der Waals surface area (Å²) in [4.78, 5) is 18.9. The zero-order chi connectivity index (χ0) is 14.5. The molecule has 2 rings (SSSR count). The second-order valence-electron chi connectivity index (χ2n) is 5.34.